The molecule has 0 aliphatic heterocycles. The Hall–Kier alpha value is -3.16. The fourth-order valence-corrected chi connectivity index (χ4v) is 6.14. The van der Waals surface area contributed by atoms with Gasteiger partial charge >= 0.3 is 0 Å². The van der Waals surface area contributed by atoms with Gasteiger partial charge in [0.2, 0.25) is 15.9 Å². The maximum atomic E-state index is 13.6. The summed E-state index contributed by atoms with van der Waals surface area (Å²) in [5.41, 5.74) is 12.7. The molecule has 0 bridgehead atoms. The predicted octanol–water partition coefficient (Wildman–Crippen LogP) is 3.90. The van der Waals surface area contributed by atoms with Crippen molar-refractivity contribution in [3.63, 3.8) is 0 Å². The molecule has 4 N–H and O–H groups in total. The van der Waals surface area contributed by atoms with Crippen LogP contribution >= 0.6 is 0 Å². The molecule has 170 valence electrons. The van der Waals surface area contributed by atoms with E-state index in [1.807, 2.05) is 6.07 Å². The standard InChI is InChI=1S/C26H27N3O3S/c27-20-12-14-21(15-13-20)33(31,32)29-24(17-6-2-1-3-7-17)26(30)28-25-22-10-4-8-18(22)16-19-9-5-11-23(19)25/h1-3,6-7,12-16,24,29H,4-5,8-11,27H2,(H,28,30)/t24-/m0/s1. The van der Waals surface area contributed by atoms with Gasteiger partial charge in [-0.05, 0) is 90.6 Å². The van der Waals surface area contributed by atoms with Crippen LogP contribution in [0.3, 0.4) is 0 Å². The second-order valence-electron chi connectivity index (χ2n) is 8.76. The van der Waals surface area contributed by atoms with Gasteiger partial charge in [-0.15, -0.1) is 0 Å². The summed E-state index contributed by atoms with van der Waals surface area (Å²) in [6.07, 6.45) is 6.07. The van der Waals surface area contributed by atoms with E-state index in [9.17, 15) is 13.2 Å². The number of nitrogens with two attached hydrogens (primary N) is 1. The molecule has 1 amide bonds. The minimum atomic E-state index is -3.95. The predicted molar refractivity (Wildman–Crippen MR) is 129 cm³/mol. The Morgan fingerprint density at radius 3 is 2.06 bits per heavy atom. The second kappa shape index (κ2) is 8.65. The van der Waals surface area contributed by atoms with Crippen molar-refractivity contribution in [3.8, 4) is 0 Å². The van der Waals surface area contributed by atoms with Crippen molar-refractivity contribution in [1.29, 1.82) is 0 Å². The highest BCUT2D eigenvalue weighted by atomic mass is 32.2. The van der Waals surface area contributed by atoms with Crippen LogP contribution in [0.25, 0.3) is 0 Å². The first-order chi connectivity index (χ1) is 15.9. The number of amides is 1. The molecule has 33 heavy (non-hydrogen) atoms. The molecule has 2 aliphatic rings. The lowest BCUT2D eigenvalue weighted by Gasteiger charge is -2.22. The van der Waals surface area contributed by atoms with Crippen LogP contribution in [0.5, 0.6) is 0 Å². The summed E-state index contributed by atoms with van der Waals surface area (Å²) < 4.78 is 28.9. The number of carbonyl (C=O) groups excluding carboxylic acids is 1. The van der Waals surface area contributed by atoms with Crippen molar-refractivity contribution in [2.24, 2.45) is 0 Å². The quantitative estimate of drug-likeness (QED) is 0.485. The first kappa shape index (κ1) is 21.7. The van der Waals surface area contributed by atoms with Gasteiger partial charge in [0.05, 0.1) is 4.90 Å². The van der Waals surface area contributed by atoms with Gasteiger partial charge in [-0.25, -0.2) is 8.42 Å². The monoisotopic (exact) mass is 461 g/mol. The van der Waals surface area contributed by atoms with Gasteiger partial charge in [-0.1, -0.05) is 36.4 Å². The number of nitrogens with one attached hydrogen (secondary N) is 2. The molecule has 2 aliphatic carbocycles. The van der Waals surface area contributed by atoms with E-state index >= 15 is 0 Å². The summed E-state index contributed by atoms with van der Waals surface area (Å²) in [6.45, 7) is 0. The van der Waals surface area contributed by atoms with Crippen LogP contribution in [-0.4, -0.2) is 14.3 Å². The van der Waals surface area contributed by atoms with E-state index in [0.29, 0.717) is 11.3 Å². The van der Waals surface area contributed by atoms with Crippen LogP contribution in [-0.2, 0) is 40.5 Å². The fraction of sp³-hybridized carbons (Fsp3) is 0.269. The molecule has 0 saturated carbocycles. The largest absolute Gasteiger partial charge is 0.399 e. The Labute approximate surface area is 194 Å². The van der Waals surface area contributed by atoms with Crippen molar-refractivity contribution in [2.45, 2.75) is 49.5 Å². The average molecular weight is 462 g/mol. The molecule has 0 spiro atoms. The van der Waals surface area contributed by atoms with E-state index in [0.717, 1.165) is 44.2 Å². The van der Waals surface area contributed by atoms with E-state index < -0.39 is 16.1 Å². The fourth-order valence-electron chi connectivity index (χ4n) is 4.95. The third-order valence-electron chi connectivity index (χ3n) is 6.58. The Kier molecular flexibility index (Phi) is 5.68. The number of fused-ring (bicyclic) bond motifs is 2. The van der Waals surface area contributed by atoms with Crippen molar-refractivity contribution in [2.75, 3.05) is 11.1 Å². The molecule has 3 aromatic rings. The summed E-state index contributed by atoms with van der Waals surface area (Å²) >= 11 is 0. The van der Waals surface area contributed by atoms with E-state index in [4.69, 9.17) is 5.73 Å². The van der Waals surface area contributed by atoms with Crippen molar-refractivity contribution in [1.82, 2.24) is 4.72 Å². The molecule has 0 saturated heterocycles. The summed E-state index contributed by atoms with van der Waals surface area (Å²) in [4.78, 5) is 13.7. The zero-order chi connectivity index (χ0) is 23.0. The minimum Gasteiger partial charge on any atom is -0.399 e. The lowest BCUT2D eigenvalue weighted by atomic mass is 9.98. The van der Waals surface area contributed by atoms with Gasteiger partial charge in [-0.3, -0.25) is 4.79 Å². The molecule has 0 aromatic heterocycles. The van der Waals surface area contributed by atoms with E-state index in [1.54, 1.807) is 24.3 Å². The topological polar surface area (TPSA) is 101 Å². The van der Waals surface area contributed by atoms with Gasteiger partial charge < -0.3 is 11.1 Å². The Morgan fingerprint density at radius 2 is 1.45 bits per heavy atom. The Bertz CT molecular complexity index is 1270. The van der Waals surface area contributed by atoms with Crippen LogP contribution in [0, 0.1) is 0 Å². The molecule has 1 atom stereocenters. The third-order valence-corrected chi connectivity index (χ3v) is 8.02. The van der Waals surface area contributed by atoms with Crippen molar-refractivity contribution >= 4 is 27.3 Å². The SMILES string of the molecule is Nc1ccc(S(=O)(=O)N[C@H](C(=O)Nc2c3c(cc4c2CCC4)CCC3)c2ccccc2)cc1. The number of aryl methyl sites for hydroxylation is 2. The number of anilines is 2. The van der Waals surface area contributed by atoms with Gasteiger partial charge in [-0.2, -0.15) is 4.72 Å². The Morgan fingerprint density at radius 1 is 0.848 bits per heavy atom. The maximum absolute atomic E-state index is 13.6. The van der Waals surface area contributed by atoms with Crippen LogP contribution in [0.4, 0.5) is 11.4 Å². The van der Waals surface area contributed by atoms with E-state index in [-0.39, 0.29) is 10.8 Å². The molecule has 6 nitrogen and oxygen atoms in total. The van der Waals surface area contributed by atoms with Crippen LogP contribution in [0.1, 0.15) is 46.7 Å². The van der Waals surface area contributed by atoms with Gasteiger partial charge in [0, 0.05) is 11.4 Å². The normalized spacial score (nSPS) is 15.6. The molecule has 3 aromatic carbocycles. The first-order valence-corrected chi connectivity index (χ1v) is 12.8. The Balaban J connectivity index is 1.50. The second-order valence-corrected chi connectivity index (χ2v) is 10.5. The number of sulfonamides is 1. The highest BCUT2D eigenvalue weighted by Crippen LogP contribution is 2.39. The molecule has 0 radical (unpaired) electrons. The number of hydrogen-bond donors (Lipinski definition) is 3. The number of hydrogen-bond acceptors (Lipinski definition) is 4. The van der Waals surface area contributed by atoms with E-state index in [1.165, 1.54) is 46.5 Å². The first-order valence-electron chi connectivity index (χ1n) is 11.3. The molecule has 5 rings (SSSR count). The molecule has 0 fully saturated rings. The molecule has 0 unspecified atom stereocenters. The summed E-state index contributed by atoms with van der Waals surface area (Å²) in [6, 6.07) is 16.1. The van der Waals surface area contributed by atoms with Crippen LogP contribution < -0.4 is 15.8 Å². The maximum Gasteiger partial charge on any atom is 0.247 e. The number of rotatable bonds is 6. The minimum absolute atomic E-state index is 0.0620. The lowest BCUT2D eigenvalue weighted by molar-refractivity contribution is -0.117. The van der Waals surface area contributed by atoms with Crippen molar-refractivity contribution < 1.29 is 13.2 Å². The van der Waals surface area contributed by atoms with Gasteiger partial charge in [0.1, 0.15) is 6.04 Å². The zero-order valence-corrected chi connectivity index (χ0v) is 19.1. The van der Waals surface area contributed by atoms with E-state index in [2.05, 4.69) is 16.1 Å². The molecular formula is C26H27N3O3S. The summed E-state index contributed by atoms with van der Waals surface area (Å²) in [5, 5.41) is 3.14. The summed E-state index contributed by atoms with van der Waals surface area (Å²) in [5.74, 6) is -0.380. The molecule has 7 heteroatoms. The lowest BCUT2D eigenvalue weighted by Crippen LogP contribution is -2.37. The van der Waals surface area contributed by atoms with Crippen LogP contribution in [0.15, 0.2) is 65.6 Å². The highest BCUT2D eigenvalue weighted by molar-refractivity contribution is 7.89. The molecular weight excluding hydrogens is 434 g/mol. The smallest absolute Gasteiger partial charge is 0.247 e. The van der Waals surface area contributed by atoms with Crippen LogP contribution in [0.2, 0.25) is 0 Å². The third kappa shape index (κ3) is 4.26. The highest BCUT2D eigenvalue weighted by Gasteiger charge is 2.30. The number of benzene rings is 3. The number of carbonyl (C=O) groups is 1. The van der Waals surface area contributed by atoms with Gasteiger partial charge in [0.15, 0.2) is 0 Å². The van der Waals surface area contributed by atoms with Crippen molar-refractivity contribution in [3.05, 3.63) is 88.5 Å². The average Bonchev–Trinajstić information content (AvgIpc) is 3.47. The zero-order valence-electron chi connectivity index (χ0n) is 18.3. The number of nitrogen functional groups attached to an aromatic ring is 1. The molecule has 0 heterocycles. The summed E-state index contributed by atoms with van der Waals surface area (Å²) in [7, 11) is -3.95. The van der Waals surface area contributed by atoms with Gasteiger partial charge in [0.25, 0.3) is 0 Å².